The Labute approximate surface area is 113 Å². The molecule has 0 amide bonds. The van der Waals surface area contributed by atoms with Gasteiger partial charge in [0, 0.05) is 12.5 Å². The number of para-hydroxylation sites is 1. The van der Waals surface area contributed by atoms with Crippen LogP contribution in [0.25, 0.3) is 5.69 Å². The molecule has 2 aromatic rings. The predicted octanol–water partition coefficient (Wildman–Crippen LogP) is 1.18. The summed E-state index contributed by atoms with van der Waals surface area (Å²) in [5, 5.41) is 7.30. The number of hydrogen-bond donors (Lipinski definition) is 1. The van der Waals surface area contributed by atoms with Gasteiger partial charge in [0.25, 0.3) is 0 Å². The van der Waals surface area contributed by atoms with Crippen molar-refractivity contribution in [1.29, 1.82) is 0 Å². The zero-order valence-electron chi connectivity index (χ0n) is 10.9. The summed E-state index contributed by atoms with van der Waals surface area (Å²) in [4.78, 5) is 0. The molecule has 2 rings (SSSR count). The third-order valence-electron chi connectivity index (χ3n) is 2.85. The first-order valence-corrected chi connectivity index (χ1v) is 8.01. The lowest BCUT2D eigenvalue weighted by Crippen LogP contribution is -2.26. The van der Waals surface area contributed by atoms with Gasteiger partial charge in [0.15, 0.2) is 0 Å². The highest BCUT2D eigenvalue weighted by molar-refractivity contribution is 7.90. The zero-order chi connectivity index (χ0) is 13.9. The lowest BCUT2D eigenvalue weighted by Gasteiger charge is -2.17. The van der Waals surface area contributed by atoms with Crippen molar-refractivity contribution in [1.82, 2.24) is 15.1 Å². The summed E-state index contributed by atoms with van der Waals surface area (Å²) < 4.78 is 24.7. The van der Waals surface area contributed by atoms with E-state index in [1.165, 1.54) is 6.26 Å². The molecule has 6 heteroatoms. The number of hydrogen-bond acceptors (Lipinski definition) is 4. The molecule has 0 aliphatic carbocycles. The SMILES string of the molecule is CNC(CS(C)(=O)=O)c1ccnn1-c1ccccc1. The molecular formula is C13H17N3O2S. The second kappa shape index (κ2) is 5.54. The topological polar surface area (TPSA) is 64.0 Å². The Hall–Kier alpha value is -1.66. The second-order valence-electron chi connectivity index (χ2n) is 4.44. The van der Waals surface area contributed by atoms with E-state index in [1.807, 2.05) is 36.4 Å². The lowest BCUT2D eigenvalue weighted by molar-refractivity contribution is 0.566. The van der Waals surface area contributed by atoms with Gasteiger partial charge in [0.05, 0.1) is 23.2 Å². The molecule has 0 saturated heterocycles. The van der Waals surface area contributed by atoms with Gasteiger partial charge in [0.1, 0.15) is 9.84 Å². The Kier molecular flexibility index (Phi) is 4.01. The number of benzene rings is 1. The molecule has 1 aromatic carbocycles. The molecule has 0 bridgehead atoms. The van der Waals surface area contributed by atoms with E-state index < -0.39 is 9.84 Å². The third-order valence-corrected chi connectivity index (χ3v) is 3.79. The fourth-order valence-corrected chi connectivity index (χ4v) is 2.92. The van der Waals surface area contributed by atoms with Crippen molar-refractivity contribution in [3.63, 3.8) is 0 Å². The smallest absolute Gasteiger partial charge is 0.149 e. The molecule has 1 unspecified atom stereocenters. The van der Waals surface area contributed by atoms with Crippen molar-refractivity contribution in [2.45, 2.75) is 6.04 Å². The van der Waals surface area contributed by atoms with Gasteiger partial charge >= 0.3 is 0 Å². The standard InChI is InChI=1S/C13H17N3O2S/c1-14-12(10-19(2,17)18)13-8-9-15-16(13)11-6-4-3-5-7-11/h3-9,12,14H,10H2,1-2H3. The molecule has 1 aromatic heterocycles. The van der Waals surface area contributed by atoms with Crippen LogP contribution in [-0.4, -0.2) is 37.3 Å². The van der Waals surface area contributed by atoms with Crippen LogP contribution in [0.1, 0.15) is 11.7 Å². The van der Waals surface area contributed by atoms with Crippen LogP contribution in [0.2, 0.25) is 0 Å². The molecule has 1 heterocycles. The maximum absolute atomic E-state index is 11.5. The second-order valence-corrected chi connectivity index (χ2v) is 6.62. The van der Waals surface area contributed by atoms with Crippen molar-refractivity contribution >= 4 is 9.84 Å². The minimum absolute atomic E-state index is 0.0437. The van der Waals surface area contributed by atoms with Crippen molar-refractivity contribution in [2.75, 3.05) is 19.1 Å². The van der Waals surface area contributed by atoms with Crippen LogP contribution < -0.4 is 5.32 Å². The summed E-state index contributed by atoms with van der Waals surface area (Å²) in [7, 11) is -1.32. The van der Waals surface area contributed by atoms with Gasteiger partial charge in [-0.25, -0.2) is 13.1 Å². The summed E-state index contributed by atoms with van der Waals surface area (Å²) in [6.07, 6.45) is 2.91. The van der Waals surface area contributed by atoms with Gasteiger partial charge in [0.2, 0.25) is 0 Å². The average Bonchev–Trinajstić information content (AvgIpc) is 2.85. The lowest BCUT2D eigenvalue weighted by atomic mass is 10.2. The van der Waals surface area contributed by atoms with Crippen LogP contribution in [0.15, 0.2) is 42.6 Å². The molecule has 1 atom stereocenters. The molecule has 19 heavy (non-hydrogen) atoms. The molecule has 0 aliphatic heterocycles. The van der Waals surface area contributed by atoms with Crippen LogP contribution in [0.5, 0.6) is 0 Å². The summed E-state index contributed by atoms with van der Waals surface area (Å²) in [6, 6.07) is 11.2. The van der Waals surface area contributed by atoms with Crippen LogP contribution in [0.4, 0.5) is 0 Å². The minimum Gasteiger partial charge on any atom is -0.311 e. The molecule has 0 radical (unpaired) electrons. The Morgan fingerprint density at radius 2 is 1.95 bits per heavy atom. The maximum Gasteiger partial charge on any atom is 0.149 e. The van der Waals surface area contributed by atoms with Gasteiger partial charge in [-0.1, -0.05) is 18.2 Å². The van der Waals surface area contributed by atoms with Crippen LogP contribution >= 0.6 is 0 Å². The highest BCUT2D eigenvalue weighted by atomic mass is 32.2. The Morgan fingerprint density at radius 3 is 2.53 bits per heavy atom. The van der Waals surface area contributed by atoms with Gasteiger partial charge < -0.3 is 5.32 Å². The normalized spacial score (nSPS) is 13.4. The van der Waals surface area contributed by atoms with Crippen molar-refractivity contribution in [3.8, 4) is 5.69 Å². The number of rotatable bonds is 5. The fraction of sp³-hybridized carbons (Fsp3) is 0.308. The maximum atomic E-state index is 11.5. The van der Waals surface area contributed by atoms with E-state index in [-0.39, 0.29) is 11.8 Å². The first-order valence-electron chi connectivity index (χ1n) is 5.95. The predicted molar refractivity (Wildman–Crippen MR) is 75.1 cm³/mol. The summed E-state index contributed by atoms with van der Waals surface area (Å²) in [6.45, 7) is 0. The number of nitrogens with one attached hydrogen (secondary N) is 1. The number of sulfone groups is 1. The van der Waals surface area contributed by atoms with E-state index in [0.29, 0.717) is 0 Å². The monoisotopic (exact) mass is 279 g/mol. The van der Waals surface area contributed by atoms with Crippen molar-refractivity contribution in [3.05, 3.63) is 48.3 Å². The number of aromatic nitrogens is 2. The Morgan fingerprint density at radius 1 is 1.26 bits per heavy atom. The van der Waals surface area contributed by atoms with E-state index in [1.54, 1.807) is 17.9 Å². The Bertz CT molecular complexity index is 635. The minimum atomic E-state index is -3.06. The largest absolute Gasteiger partial charge is 0.311 e. The first-order chi connectivity index (χ1) is 9.01. The molecule has 0 fully saturated rings. The third kappa shape index (κ3) is 3.42. The highest BCUT2D eigenvalue weighted by Gasteiger charge is 2.19. The van der Waals surface area contributed by atoms with Gasteiger partial charge in [-0.15, -0.1) is 0 Å². The van der Waals surface area contributed by atoms with Gasteiger partial charge in [-0.05, 0) is 25.2 Å². The quantitative estimate of drug-likeness (QED) is 0.892. The average molecular weight is 279 g/mol. The van der Waals surface area contributed by atoms with Crippen LogP contribution in [0, 0.1) is 0 Å². The zero-order valence-corrected chi connectivity index (χ0v) is 11.8. The van der Waals surface area contributed by atoms with E-state index >= 15 is 0 Å². The van der Waals surface area contributed by atoms with E-state index in [0.717, 1.165) is 11.4 Å². The van der Waals surface area contributed by atoms with E-state index in [9.17, 15) is 8.42 Å². The van der Waals surface area contributed by atoms with E-state index in [2.05, 4.69) is 10.4 Å². The number of nitrogens with zero attached hydrogens (tertiary/aromatic N) is 2. The molecule has 0 aliphatic rings. The molecule has 0 spiro atoms. The molecular weight excluding hydrogens is 262 g/mol. The molecule has 5 nitrogen and oxygen atoms in total. The fourth-order valence-electron chi connectivity index (χ4n) is 1.98. The van der Waals surface area contributed by atoms with Crippen molar-refractivity contribution in [2.24, 2.45) is 0 Å². The van der Waals surface area contributed by atoms with Crippen LogP contribution in [-0.2, 0) is 9.84 Å². The first kappa shape index (κ1) is 13.8. The Balaban J connectivity index is 2.38. The molecule has 102 valence electrons. The summed E-state index contributed by atoms with van der Waals surface area (Å²) >= 11 is 0. The van der Waals surface area contributed by atoms with Gasteiger partial charge in [-0.3, -0.25) is 0 Å². The molecule has 0 saturated carbocycles. The molecule has 1 N–H and O–H groups in total. The summed E-state index contributed by atoms with van der Waals surface area (Å²) in [5.74, 6) is 0.0437. The van der Waals surface area contributed by atoms with Crippen LogP contribution in [0.3, 0.4) is 0 Å². The van der Waals surface area contributed by atoms with Crippen molar-refractivity contribution < 1.29 is 8.42 Å². The van der Waals surface area contributed by atoms with Gasteiger partial charge in [-0.2, -0.15) is 5.10 Å². The highest BCUT2D eigenvalue weighted by Crippen LogP contribution is 2.18. The summed E-state index contributed by atoms with van der Waals surface area (Å²) in [5.41, 5.74) is 1.75. The van der Waals surface area contributed by atoms with E-state index in [4.69, 9.17) is 0 Å².